The predicted molar refractivity (Wildman–Crippen MR) is 106 cm³/mol. The summed E-state index contributed by atoms with van der Waals surface area (Å²) in [5.41, 5.74) is 1.85. The van der Waals surface area contributed by atoms with Crippen LogP contribution in [0.2, 0.25) is 0 Å². The normalized spacial score (nSPS) is 26.6. The minimum Gasteiger partial charge on any atom is -0.370 e. The first kappa shape index (κ1) is 21.4. The molecule has 0 radical (unpaired) electrons. The molecule has 2 aliphatic heterocycles. The Labute approximate surface area is 176 Å². The lowest BCUT2D eigenvalue weighted by molar-refractivity contribution is 0.0220. The smallest absolute Gasteiger partial charge is 0.297 e. The lowest BCUT2D eigenvalue weighted by atomic mass is 10.1. The Hall–Kier alpha value is -1.82. The Morgan fingerprint density at radius 2 is 1.00 bits per heavy atom. The van der Waals surface area contributed by atoms with Crippen LogP contribution in [0.15, 0.2) is 58.3 Å². The summed E-state index contributed by atoms with van der Waals surface area (Å²) < 4.78 is 72.1. The SMILES string of the molecule is Cc1ccc(S(=O)(=O)O[C@H]2CO[C@@H]3[C@H]2OC[C@H]3OS(=O)(=O)c2ccc(C)cc2)cc1. The summed E-state index contributed by atoms with van der Waals surface area (Å²) in [5.74, 6) is 0. The van der Waals surface area contributed by atoms with Crippen LogP contribution in [0, 0.1) is 13.8 Å². The van der Waals surface area contributed by atoms with E-state index in [2.05, 4.69) is 0 Å². The molecule has 0 aliphatic carbocycles. The van der Waals surface area contributed by atoms with Crippen molar-refractivity contribution in [2.45, 2.75) is 48.1 Å². The molecule has 10 heteroatoms. The van der Waals surface area contributed by atoms with Gasteiger partial charge < -0.3 is 9.47 Å². The van der Waals surface area contributed by atoms with Crippen molar-refractivity contribution in [2.75, 3.05) is 13.2 Å². The third-order valence-electron chi connectivity index (χ3n) is 5.08. The Balaban J connectivity index is 1.44. The van der Waals surface area contributed by atoms with E-state index >= 15 is 0 Å². The van der Waals surface area contributed by atoms with E-state index in [1.165, 1.54) is 24.3 Å². The number of rotatable bonds is 6. The van der Waals surface area contributed by atoms with Crippen LogP contribution in [0.5, 0.6) is 0 Å². The van der Waals surface area contributed by atoms with Crippen molar-refractivity contribution in [2.24, 2.45) is 0 Å². The van der Waals surface area contributed by atoms with Crippen molar-refractivity contribution in [1.82, 2.24) is 0 Å². The van der Waals surface area contributed by atoms with E-state index in [9.17, 15) is 16.8 Å². The van der Waals surface area contributed by atoms with Gasteiger partial charge in [0.05, 0.1) is 23.0 Å². The predicted octanol–water partition coefficient (Wildman–Crippen LogP) is 1.95. The Morgan fingerprint density at radius 1 is 0.667 bits per heavy atom. The zero-order chi connectivity index (χ0) is 21.5. The second kappa shape index (κ2) is 8.03. The molecule has 0 saturated carbocycles. The summed E-state index contributed by atoms with van der Waals surface area (Å²) in [5, 5.41) is 0. The van der Waals surface area contributed by atoms with Gasteiger partial charge in [0.25, 0.3) is 20.2 Å². The molecule has 0 N–H and O–H groups in total. The third-order valence-corrected chi connectivity index (χ3v) is 7.78. The largest absolute Gasteiger partial charge is 0.370 e. The quantitative estimate of drug-likeness (QED) is 0.610. The Kier molecular flexibility index (Phi) is 5.73. The Morgan fingerprint density at radius 3 is 1.33 bits per heavy atom. The van der Waals surface area contributed by atoms with E-state index in [4.69, 9.17) is 17.8 Å². The van der Waals surface area contributed by atoms with Crippen LogP contribution in [0.1, 0.15) is 11.1 Å². The summed E-state index contributed by atoms with van der Waals surface area (Å²) >= 11 is 0. The average molecular weight is 455 g/mol. The van der Waals surface area contributed by atoms with Gasteiger partial charge in [-0.2, -0.15) is 16.8 Å². The second-order valence-electron chi connectivity index (χ2n) is 7.40. The number of hydrogen-bond acceptors (Lipinski definition) is 8. The van der Waals surface area contributed by atoms with Crippen LogP contribution in [0.4, 0.5) is 0 Å². The average Bonchev–Trinajstić information content (AvgIpc) is 3.26. The molecule has 2 aliphatic rings. The molecule has 2 heterocycles. The van der Waals surface area contributed by atoms with Crippen molar-refractivity contribution in [3.05, 3.63) is 59.7 Å². The second-order valence-corrected chi connectivity index (χ2v) is 10.5. The summed E-state index contributed by atoms with van der Waals surface area (Å²) in [4.78, 5) is 0.0635. The molecule has 4 atom stereocenters. The van der Waals surface area contributed by atoms with E-state index in [1.54, 1.807) is 24.3 Å². The maximum absolute atomic E-state index is 12.6. The fraction of sp³-hybridized carbons (Fsp3) is 0.400. The molecule has 2 aromatic rings. The van der Waals surface area contributed by atoms with E-state index in [0.29, 0.717) is 0 Å². The van der Waals surface area contributed by atoms with E-state index in [-0.39, 0.29) is 23.0 Å². The molecule has 0 unspecified atom stereocenters. The number of aryl methyl sites for hydroxylation is 2. The van der Waals surface area contributed by atoms with Crippen LogP contribution in [0.3, 0.4) is 0 Å². The minimum atomic E-state index is -4.02. The topological polar surface area (TPSA) is 105 Å². The zero-order valence-electron chi connectivity index (χ0n) is 16.4. The van der Waals surface area contributed by atoms with E-state index < -0.39 is 44.7 Å². The molecule has 4 rings (SSSR count). The van der Waals surface area contributed by atoms with Gasteiger partial charge in [0.2, 0.25) is 0 Å². The highest BCUT2D eigenvalue weighted by Crippen LogP contribution is 2.33. The first-order valence-corrected chi connectivity index (χ1v) is 12.2. The van der Waals surface area contributed by atoms with Crippen LogP contribution in [0.25, 0.3) is 0 Å². The molecule has 162 valence electrons. The molecule has 0 amide bonds. The first-order valence-electron chi connectivity index (χ1n) is 9.39. The van der Waals surface area contributed by atoms with Crippen molar-refractivity contribution in [1.29, 1.82) is 0 Å². The molecule has 2 fully saturated rings. The molecule has 2 saturated heterocycles. The molecule has 8 nitrogen and oxygen atoms in total. The van der Waals surface area contributed by atoms with Gasteiger partial charge in [0, 0.05) is 0 Å². The van der Waals surface area contributed by atoms with Gasteiger partial charge in [0.15, 0.2) is 0 Å². The third kappa shape index (κ3) is 4.29. The molecular weight excluding hydrogens is 432 g/mol. The fourth-order valence-electron chi connectivity index (χ4n) is 3.44. The zero-order valence-corrected chi connectivity index (χ0v) is 18.1. The van der Waals surface area contributed by atoms with Crippen LogP contribution < -0.4 is 0 Å². The Bertz CT molecular complexity index is 1020. The van der Waals surface area contributed by atoms with Crippen LogP contribution >= 0.6 is 0 Å². The number of fused-ring (bicyclic) bond motifs is 1. The van der Waals surface area contributed by atoms with Gasteiger partial charge in [0.1, 0.15) is 24.4 Å². The van der Waals surface area contributed by atoms with Gasteiger partial charge in [-0.25, -0.2) is 0 Å². The highest BCUT2D eigenvalue weighted by atomic mass is 32.2. The minimum absolute atomic E-state index is 0.0318. The molecular formula is C20H22O8S2. The van der Waals surface area contributed by atoms with E-state index in [0.717, 1.165) is 11.1 Å². The lowest BCUT2D eigenvalue weighted by Crippen LogP contribution is -2.36. The van der Waals surface area contributed by atoms with Crippen LogP contribution in [-0.2, 0) is 38.1 Å². The molecule has 0 bridgehead atoms. The molecule has 0 spiro atoms. The summed E-state index contributed by atoms with van der Waals surface area (Å²) in [6.45, 7) is 3.60. The summed E-state index contributed by atoms with van der Waals surface area (Å²) in [6.07, 6.45) is -3.28. The summed E-state index contributed by atoms with van der Waals surface area (Å²) in [6, 6.07) is 12.6. The first-order chi connectivity index (χ1) is 14.2. The highest BCUT2D eigenvalue weighted by molar-refractivity contribution is 7.87. The van der Waals surface area contributed by atoms with Gasteiger partial charge in [-0.15, -0.1) is 0 Å². The monoisotopic (exact) mass is 454 g/mol. The van der Waals surface area contributed by atoms with Gasteiger partial charge in [-0.3, -0.25) is 8.37 Å². The molecule has 2 aromatic carbocycles. The van der Waals surface area contributed by atoms with Crippen LogP contribution in [-0.4, -0.2) is 54.5 Å². The van der Waals surface area contributed by atoms with E-state index in [1.807, 2.05) is 13.8 Å². The standard InChI is InChI=1S/C20H22O8S2/c1-13-3-7-15(8-4-13)29(21,22)27-17-11-25-20-18(12-26-19(17)20)28-30(23,24)16-9-5-14(2)6-10-16/h3-10,17-20H,11-12H2,1-2H3/t17-,18+,19-,20-/m0/s1. The van der Waals surface area contributed by atoms with Gasteiger partial charge in [-0.1, -0.05) is 35.4 Å². The number of benzene rings is 2. The summed E-state index contributed by atoms with van der Waals surface area (Å²) in [7, 11) is -8.04. The molecule has 0 aromatic heterocycles. The van der Waals surface area contributed by atoms with Crippen molar-refractivity contribution >= 4 is 20.2 Å². The van der Waals surface area contributed by atoms with Crippen molar-refractivity contribution < 1.29 is 34.7 Å². The van der Waals surface area contributed by atoms with Gasteiger partial charge >= 0.3 is 0 Å². The maximum atomic E-state index is 12.6. The number of ether oxygens (including phenoxy) is 2. The number of hydrogen-bond donors (Lipinski definition) is 0. The molecule has 30 heavy (non-hydrogen) atoms. The fourth-order valence-corrected chi connectivity index (χ4v) is 5.58. The maximum Gasteiger partial charge on any atom is 0.297 e. The van der Waals surface area contributed by atoms with Crippen molar-refractivity contribution in [3.63, 3.8) is 0 Å². The lowest BCUT2D eigenvalue weighted by Gasteiger charge is -2.17. The van der Waals surface area contributed by atoms with Gasteiger partial charge in [-0.05, 0) is 38.1 Å². The van der Waals surface area contributed by atoms with Crippen molar-refractivity contribution in [3.8, 4) is 0 Å². The highest BCUT2D eigenvalue weighted by Gasteiger charge is 2.51.